The van der Waals surface area contributed by atoms with Crippen molar-refractivity contribution in [2.75, 3.05) is 0 Å². The van der Waals surface area contributed by atoms with Crippen molar-refractivity contribution < 1.29 is 23.0 Å². The van der Waals surface area contributed by atoms with Crippen molar-refractivity contribution in [2.45, 2.75) is 39.2 Å². The van der Waals surface area contributed by atoms with Gasteiger partial charge in [0.1, 0.15) is 18.2 Å². The molecule has 1 aromatic heterocycles. The highest BCUT2D eigenvalue weighted by atomic mass is 19.3. The normalized spacial score (nSPS) is 18.7. The number of benzene rings is 2. The van der Waals surface area contributed by atoms with Gasteiger partial charge in [0, 0.05) is 34.0 Å². The Morgan fingerprint density at radius 2 is 1.80 bits per heavy atom. The van der Waals surface area contributed by atoms with E-state index in [1.54, 1.807) is 13.8 Å². The Hall–Kier alpha value is -3.02. The van der Waals surface area contributed by atoms with Gasteiger partial charge in [-0.05, 0) is 84.5 Å². The highest BCUT2D eigenvalue weighted by molar-refractivity contribution is 5.73. The summed E-state index contributed by atoms with van der Waals surface area (Å²) < 4.78 is 47.3. The molecule has 0 spiro atoms. The number of fused-ring (bicyclic) bond motifs is 3. The quantitative estimate of drug-likeness (QED) is 0.505. The SMILES string of the molecule is Cc1cc(OF)cc(C)c1-c1cc(COc2cc3c(cn2)C2CC2C3)c(F)cc1F. The minimum absolute atomic E-state index is 0.0418. The average molecular weight is 411 g/mol. The van der Waals surface area contributed by atoms with Gasteiger partial charge in [-0.3, -0.25) is 4.94 Å². The van der Waals surface area contributed by atoms with E-state index in [4.69, 9.17) is 4.74 Å². The van der Waals surface area contributed by atoms with Crippen molar-refractivity contribution in [1.29, 1.82) is 0 Å². The topological polar surface area (TPSA) is 31.4 Å². The fraction of sp³-hybridized carbons (Fsp3) is 0.292. The van der Waals surface area contributed by atoms with Gasteiger partial charge in [0.25, 0.3) is 0 Å². The number of nitrogens with zero attached hydrogens (tertiary/aromatic N) is 1. The minimum Gasteiger partial charge on any atom is -0.473 e. The van der Waals surface area contributed by atoms with Gasteiger partial charge in [0.2, 0.25) is 5.88 Å². The molecule has 30 heavy (non-hydrogen) atoms. The zero-order valence-corrected chi connectivity index (χ0v) is 16.6. The predicted molar refractivity (Wildman–Crippen MR) is 106 cm³/mol. The molecule has 0 radical (unpaired) electrons. The number of aromatic nitrogens is 1. The molecule has 1 heterocycles. The van der Waals surface area contributed by atoms with Crippen LogP contribution in [-0.4, -0.2) is 4.98 Å². The number of rotatable bonds is 5. The number of hydrogen-bond donors (Lipinski definition) is 0. The molecule has 0 amide bonds. The van der Waals surface area contributed by atoms with Crippen LogP contribution in [0.15, 0.2) is 36.5 Å². The summed E-state index contributed by atoms with van der Waals surface area (Å²) in [4.78, 5) is 8.14. The summed E-state index contributed by atoms with van der Waals surface area (Å²) in [5, 5.41) is 0. The average Bonchev–Trinajstić information content (AvgIpc) is 3.38. The molecule has 2 aromatic carbocycles. The zero-order chi connectivity index (χ0) is 21.0. The maximum absolute atomic E-state index is 14.6. The number of pyridine rings is 1. The molecule has 3 nitrogen and oxygen atoms in total. The van der Waals surface area contributed by atoms with E-state index >= 15 is 0 Å². The Kier molecular flexibility index (Phi) is 4.45. The largest absolute Gasteiger partial charge is 0.473 e. The molecule has 5 rings (SSSR count). The second-order valence-corrected chi connectivity index (χ2v) is 8.25. The van der Waals surface area contributed by atoms with E-state index in [0.29, 0.717) is 28.5 Å². The van der Waals surface area contributed by atoms with E-state index in [0.717, 1.165) is 18.4 Å². The second-order valence-electron chi connectivity index (χ2n) is 8.25. The molecule has 2 atom stereocenters. The maximum atomic E-state index is 14.6. The van der Waals surface area contributed by atoms with Gasteiger partial charge >= 0.3 is 0 Å². The maximum Gasteiger partial charge on any atom is 0.213 e. The molecule has 3 aromatic rings. The fourth-order valence-corrected chi connectivity index (χ4v) is 4.65. The van der Waals surface area contributed by atoms with Crippen molar-refractivity contribution >= 4 is 0 Å². The molecule has 0 saturated heterocycles. The van der Waals surface area contributed by atoms with E-state index in [1.807, 2.05) is 12.3 Å². The van der Waals surface area contributed by atoms with Crippen LogP contribution in [0.4, 0.5) is 13.3 Å². The highest BCUT2D eigenvalue weighted by Gasteiger charge is 2.45. The molecule has 2 aliphatic rings. The van der Waals surface area contributed by atoms with Gasteiger partial charge in [-0.2, -0.15) is 0 Å². The van der Waals surface area contributed by atoms with Gasteiger partial charge in [0.15, 0.2) is 5.75 Å². The number of ether oxygens (including phenoxy) is 1. The van der Waals surface area contributed by atoms with Crippen LogP contribution < -0.4 is 9.68 Å². The van der Waals surface area contributed by atoms with E-state index in [1.165, 1.54) is 35.7 Å². The summed E-state index contributed by atoms with van der Waals surface area (Å²) in [6.45, 7) is 3.38. The lowest BCUT2D eigenvalue weighted by Crippen LogP contribution is -2.03. The first-order valence-electron chi connectivity index (χ1n) is 9.94. The second kappa shape index (κ2) is 7.04. The van der Waals surface area contributed by atoms with Crippen molar-refractivity contribution in [3.05, 3.63) is 76.0 Å². The van der Waals surface area contributed by atoms with E-state index in [-0.39, 0.29) is 23.5 Å². The van der Waals surface area contributed by atoms with Gasteiger partial charge in [0.05, 0.1) is 0 Å². The van der Waals surface area contributed by atoms with Crippen molar-refractivity contribution in [2.24, 2.45) is 5.92 Å². The standard InChI is InChI=1S/C24H20F3NO2/c1-12-3-17(30-27)4-13(2)24(12)19-7-16(21(25)9-22(19)26)11-29-23-8-15-5-14-6-18(14)20(15)10-28-23/h3-4,7-10,14,18H,5-6,11H2,1-2H3. The molecule has 2 aliphatic carbocycles. The first kappa shape index (κ1) is 19.0. The first-order chi connectivity index (χ1) is 14.4. The Balaban J connectivity index is 1.43. The van der Waals surface area contributed by atoms with Gasteiger partial charge in [-0.25, -0.2) is 13.8 Å². The van der Waals surface area contributed by atoms with E-state index in [9.17, 15) is 13.3 Å². The van der Waals surface area contributed by atoms with Gasteiger partial charge < -0.3 is 4.74 Å². The third-order valence-corrected chi connectivity index (χ3v) is 6.18. The molecule has 154 valence electrons. The van der Waals surface area contributed by atoms with Crippen LogP contribution in [-0.2, 0) is 13.0 Å². The lowest BCUT2D eigenvalue weighted by Gasteiger charge is -2.15. The molecule has 0 bridgehead atoms. The summed E-state index contributed by atoms with van der Waals surface area (Å²) in [5.74, 6) is 0.510. The van der Waals surface area contributed by atoms with E-state index in [2.05, 4.69) is 9.93 Å². The van der Waals surface area contributed by atoms with Crippen molar-refractivity contribution in [3.8, 4) is 22.8 Å². The Bertz CT molecular complexity index is 1140. The molecular weight excluding hydrogens is 391 g/mol. The summed E-state index contributed by atoms with van der Waals surface area (Å²) in [5.41, 5.74) is 4.83. The Morgan fingerprint density at radius 1 is 1.03 bits per heavy atom. The monoisotopic (exact) mass is 411 g/mol. The third-order valence-electron chi connectivity index (χ3n) is 6.18. The van der Waals surface area contributed by atoms with Gasteiger partial charge in [-0.1, -0.05) is 0 Å². The first-order valence-corrected chi connectivity index (χ1v) is 9.94. The Morgan fingerprint density at radius 3 is 2.53 bits per heavy atom. The van der Waals surface area contributed by atoms with Crippen LogP contribution in [0, 0.1) is 31.4 Å². The number of halogens is 3. The van der Waals surface area contributed by atoms with Gasteiger partial charge in [-0.15, -0.1) is 0 Å². The van der Waals surface area contributed by atoms with Crippen LogP contribution in [0.25, 0.3) is 11.1 Å². The van der Waals surface area contributed by atoms with Crippen molar-refractivity contribution in [1.82, 2.24) is 4.98 Å². The smallest absolute Gasteiger partial charge is 0.213 e. The summed E-state index contributed by atoms with van der Waals surface area (Å²) in [6.07, 6.45) is 4.15. The van der Waals surface area contributed by atoms with Crippen LogP contribution in [0.1, 0.15) is 40.2 Å². The molecule has 2 unspecified atom stereocenters. The molecule has 0 N–H and O–H groups in total. The molecule has 6 heteroatoms. The zero-order valence-electron chi connectivity index (χ0n) is 16.6. The lowest BCUT2D eigenvalue weighted by molar-refractivity contribution is -0.00630. The summed E-state index contributed by atoms with van der Waals surface area (Å²) in [6, 6.07) is 7.17. The summed E-state index contributed by atoms with van der Waals surface area (Å²) >= 11 is 0. The van der Waals surface area contributed by atoms with Crippen LogP contribution in [0.3, 0.4) is 0 Å². The van der Waals surface area contributed by atoms with E-state index < -0.39 is 11.6 Å². The summed E-state index contributed by atoms with van der Waals surface area (Å²) in [7, 11) is 0. The molecule has 1 fully saturated rings. The van der Waals surface area contributed by atoms with Crippen LogP contribution in [0.5, 0.6) is 11.6 Å². The number of aryl methyl sites for hydroxylation is 2. The fourth-order valence-electron chi connectivity index (χ4n) is 4.65. The Labute approximate surface area is 172 Å². The molecular formula is C24H20F3NO2. The van der Waals surface area contributed by atoms with Crippen LogP contribution >= 0.6 is 0 Å². The van der Waals surface area contributed by atoms with Crippen molar-refractivity contribution in [3.63, 3.8) is 0 Å². The molecule has 1 saturated carbocycles. The predicted octanol–water partition coefficient (Wildman–Crippen LogP) is 6.15. The highest BCUT2D eigenvalue weighted by Crippen LogP contribution is 2.56. The minimum atomic E-state index is -0.689. The number of hydrogen-bond acceptors (Lipinski definition) is 3. The lowest BCUT2D eigenvalue weighted by atomic mass is 9.93. The third kappa shape index (κ3) is 3.20. The van der Waals surface area contributed by atoms with Crippen LogP contribution in [0.2, 0.25) is 0 Å². The molecule has 0 aliphatic heterocycles.